The first kappa shape index (κ1) is 16.0. The van der Waals surface area contributed by atoms with Gasteiger partial charge in [-0.05, 0) is 50.2 Å². The Kier molecular flexibility index (Phi) is 4.82. The number of rotatable bonds is 5. The molecule has 0 radical (unpaired) electrons. The highest BCUT2D eigenvalue weighted by molar-refractivity contribution is 7.92. The summed E-state index contributed by atoms with van der Waals surface area (Å²) in [5, 5.41) is 0. The van der Waals surface area contributed by atoms with E-state index in [2.05, 4.69) is 4.72 Å². The van der Waals surface area contributed by atoms with Crippen molar-refractivity contribution >= 4 is 21.7 Å². The van der Waals surface area contributed by atoms with Gasteiger partial charge in [-0.25, -0.2) is 13.2 Å². The third kappa shape index (κ3) is 3.85. The lowest BCUT2D eigenvalue weighted by atomic mass is 10.2. The Bertz CT molecular complexity index is 750. The molecule has 1 N–H and O–H groups in total. The molecule has 0 unspecified atom stereocenters. The van der Waals surface area contributed by atoms with Crippen LogP contribution in [-0.2, 0) is 14.8 Å². The Morgan fingerprint density at radius 2 is 1.64 bits per heavy atom. The monoisotopic (exact) mass is 319 g/mol. The fourth-order valence-electron chi connectivity index (χ4n) is 1.82. The van der Waals surface area contributed by atoms with Crippen molar-refractivity contribution in [3.8, 4) is 0 Å². The van der Waals surface area contributed by atoms with E-state index in [-0.39, 0.29) is 11.5 Å². The number of hydrogen-bond acceptors (Lipinski definition) is 4. The summed E-state index contributed by atoms with van der Waals surface area (Å²) in [5.41, 5.74) is 1.85. The number of esters is 1. The average Bonchev–Trinajstić information content (AvgIpc) is 2.50. The van der Waals surface area contributed by atoms with Gasteiger partial charge in [-0.1, -0.05) is 17.7 Å². The van der Waals surface area contributed by atoms with Gasteiger partial charge < -0.3 is 4.74 Å². The van der Waals surface area contributed by atoms with Crippen LogP contribution in [-0.4, -0.2) is 21.0 Å². The van der Waals surface area contributed by atoms with Crippen LogP contribution in [0.15, 0.2) is 53.4 Å². The quantitative estimate of drug-likeness (QED) is 0.860. The number of carbonyl (C=O) groups is 1. The normalized spacial score (nSPS) is 11.0. The van der Waals surface area contributed by atoms with Crippen molar-refractivity contribution in [2.75, 3.05) is 11.3 Å². The van der Waals surface area contributed by atoms with Crippen molar-refractivity contribution in [1.82, 2.24) is 0 Å². The molecule has 0 spiro atoms. The van der Waals surface area contributed by atoms with Crippen LogP contribution in [0.1, 0.15) is 22.8 Å². The first-order chi connectivity index (χ1) is 10.4. The van der Waals surface area contributed by atoms with E-state index >= 15 is 0 Å². The van der Waals surface area contributed by atoms with Crippen molar-refractivity contribution in [3.05, 3.63) is 59.7 Å². The van der Waals surface area contributed by atoms with Crippen molar-refractivity contribution < 1.29 is 17.9 Å². The predicted molar refractivity (Wildman–Crippen MR) is 84.4 cm³/mol. The van der Waals surface area contributed by atoms with E-state index in [1.165, 1.54) is 24.3 Å². The Labute approximate surface area is 130 Å². The smallest absolute Gasteiger partial charge is 0.338 e. The topological polar surface area (TPSA) is 72.5 Å². The molecule has 0 bridgehead atoms. The highest BCUT2D eigenvalue weighted by Crippen LogP contribution is 2.17. The second-order valence-corrected chi connectivity index (χ2v) is 6.40. The number of benzene rings is 2. The van der Waals surface area contributed by atoms with E-state index < -0.39 is 16.0 Å². The molecule has 0 aliphatic carbocycles. The molecular weight excluding hydrogens is 302 g/mol. The van der Waals surface area contributed by atoms with E-state index in [9.17, 15) is 13.2 Å². The van der Waals surface area contributed by atoms with Gasteiger partial charge in [-0.2, -0.15) is 0 Å². The summed E-state index contributed by atoms with van der Waals surface area (Å²) in [6.07, 6.45) is 0. The van der Waals surface area contributed by atoms with Crippen molar-refractivity contribution in [3.63, 3.8) is 0 Å². The number of anilines is 1. The van der Waals surface area contributed by atoms with E-state index in [0.29, 0.717) is 11.3 Å². The molecule has 0 aliphatic rings. The minimum Gasteiger partial charge on any atom is -0.462 e. The summed E-state index contributed by atoms with van der Waals surface area (Å²) in [5.74, 6) is -0.474. The lowest BCUT2D eigenvalue weighted by molar-refractivity contribution is 0.0526. The van der Waals surface area contributed by atoms with E-state index in [1.54, 1.807) is 19.1 Å². The fourth-order valence-corrected chi connectivity index (χ4v) is 2.88. The number of nitrogens with one attached hydrogen (secondary N) is 1. The Hall–Kier alpha value is -2.34. The van der Waals surface area contributed by atoms with E-state index in [0.717, 1.165) is 5.56 Å². The van der Waals surface area contributed by atoms with Gasteiger partial charge in [0.1, 0.15) is 0 Å². The minimum atomic E-state index is -3.68. The molecule has 6 heteroatoms. The Morgan fingerprint density at radius 1 is 1.05 bits per heavy atom. The number of hydrogen-bond donors (Lipinski definition) is 1. The predicted octanol–water partition coefficient (Wildman–Crippen LogP) is 2.97. The highest BCUT2D eigenvalue weighted by atomic mass is 32.2. The van der Waals surface area contributed by atoms with Crippen LogP contribution in [0.25, 0.3) is 0 Å². The van der Waals surface area contributed by atoms with Gasteiger partial charge >= 0.3 is 5.97 Å². The first-order valence-electron chi connectivity index (χ1n) is 6.79. The van der Waals surface area contributed by atoms with Crippen molar-refractivity contribution in [1.29, 1.82) is 0 Å². The Balaban J connectivity index is 2.19. The third-order valence-corrected chi connectivity index (χ3v) is 4.38. The van der Waals surface area contributed by atoms with Gasteiger partial charge in [0, 0.05) is 5.69 Å². The van der Waals surface area contributed by atoms with Crippen LogP contribution < -0.4 is 4.72 Å². The maximum Gasteiger partial charge on any atom is 0.338 e. The molecule has 0 heterocycles. The zero-order chi connectivity index (χ0) is 16.2. The number of ether oxygens (including phenoxy) is 1. The van der Waals surface area contributed by atoms with Crippen molar-refractivity contribution in [2.45, 2.75) is 18.7 Å². The molecule has 0 aliphatic heterocycles. The van der Waals surface area contributed by atoms with Crippen LogP contribution in [0.4, 0.5) is 5.69 Å². The molecule has 22 heavy (non-hydrogen) atoms. The summed E-state index contributed by atoms with van der Waals surface area (Å²) in [4.78, 5) is 11.6. The lowest BCUT2D eigenvalue weighted by Gasteiger charge is -2.09. The van der Waals surface area contributed by atoms with Gasteiger partial charge in [0.2, 0.25) is 0 Å². The lowest BCUT2D eigenvalue weighted by Crippen LogP contribution is -2.13. The number of carbonyl (C=O) groups excluding carboxylic acids is 1. The molecule has 116 valence electrons. The summed E-state index contributed by atoms with van der Waals surface area (Å²) in [6.45, 7) is 3.91. The molecule has 0 amide bonds. The SMILES string of the molecule is CCOC(=O)c1ccc(S(=O)(=O)Nc2ccc(C)cc2)cc1. The van der Waals surface area contributed by atoms with Crippen LogP contribution >= 0.6 is 0 Å². The van der Waals surface area contributed by atoms with Gasteiger partial charge in [-0.15, -0.1) is 0 Å². The zero-order valence-corrected chi connectivity index (χ0v) is 13.2. The minimum absolute atomic E-state index is 0.0844. The molecule has 2 aromatic carbocycles. The van der Waals surface area contributed by atoms with E-state index in [4.69, 9.17) is 4.74 Å². The van der Waals surface area contributed by atoms with Gasteiger partial charge in [0.05, 0.1) is 17.1 Å². The zero-order valence-electron chi connectivity index (χ0n) is 12.4. The summed E-state index contributed by atoms with van der Waals surface area (Å²) in [6, 6.07) is 12.7. The van der Waals surface area contributed by atoms with Crippen molar-refractivity contribution in [2.24, 2.45) is 0 Å². The molecule has 0 saturated carbocycles. The van der Waals surface area contributed by atoms with Crippen LogP contribution in [0.3, 0.4) is 0 Å². The molecular formula is C16H17NO4S. The first-order valence-corrected chi connectivity index (χ1v) is 8.27. The molecule has 0 aromatic heterocycles. The molecule has 2 aromatic rings. The number of aryl methyl sites for hydroxylation is 1. The molecule has 0 saturated heterocycles. The second-order valence-electron chi connectivity index (χ2n) is 4.72. The molecule has 0 fully saturated rings. The largest absolute Gasteiger partial charge is 0.462 e. The standard InChI is InChI=1S/C16H17NO4S/c1-3-21-16(18)13-6-10-15(11-7-13)22(19,20)17-14-8-4-12(2)5-9-14/h4-11,17H,3H2,1-2H3. The van der Waals surface area contributed by atoms with Gasteiger partial charge in [-0.3, -0.25) is 4.72 Å². The maximum absolute atomic E-state index is 12.3. The number of sulfonamides is 1. The van der Waals surface area contributed by atoms with Crippen LogP contribution in [0, 0.1) is 6.92 Å². The Morgan fingerprint density at radius 3 is 2.18 bits per heavy atom. The van der Waals surface area contributed by atoms with Crippen LogP contribution in [0.5, 0.6) is 0 Å². The average molecular weight is 319 g/mol. The summed E-state index contributed by atoms with van der Waals surface area (Å²) in [7, 11) is -3.68. The van der Waals surface area contributed by atoms with Crippen LogP contribution in [0.2, 0.25) is 0 Å². The molecule has 2 rings (SSSR count). The molecule has 5 nitrogen and oxygen atoms in total. The third-order valence-electron chi connectivity index (χ3n) is 2.98. The maximum atomic E-state index is 12.3. The van der Waals surface area contributed by atoms with Gasteiger partial charge in [0.25, 0.3) is 10.0 Å². The fraction of sp³-hybridized carbons (Fsp3) is 0.188. The summed E-state index contributed by atoms with van der Waals surface area (Å²) >= 11 is 0. The molecule has 0 atom stereocenters. The van der Waals surface area contributed by atoms with Gasteiger partial charge in [0.15, 0.2) is 0 Å². The van der Waals surface area contributed by atoms with E-state index in [1.807, 2.05) is 19.1 Å². The second kappa shape index (κ2) is 6.62. The summed E-state index contributed by atoms with van der Waals surface area (Å²) < 4.78 is 31.9. The highest BCUT2D eigenvalue weighted by Gasteiger charge is 2.15.